The number of nitrogens with zero attached hydrogens (tertiary/aromatic N) is 2. The molecule has 2 N–H and O–H groups in total. The van der Waals surface area contributed by atoms with Gasteiger partial charge in [-0.15, -0.1) is 11.8 Å². The molecule has 0 bridgehead atoms. The Morgan fingerprint density at radius 2 is 1.94 bits per heavy atom. The first-order valence-corrected chi connectivity index (χ1v) is 12.5. The van der Waals surface area contributed by atoms with Crippen LogP contribution in [0.1, 0.15) is 45.6 Å². The Bertz CT molecular complexity index is 756. The fourth-order valence-corrected chi connectivity index (χ4v) is 4.77. The molecule has 0 aromatic heterocycles. The predicted octanol–water partition coefficient (Wildman–Crippen LogP) is 2.70. The summed E-state index contributed by atoms with van der Waals surface area (Å²) in [5.41, 5.74) is 1.14. The number of amides is 3. The van der Waals surface area contributed by atoms with Crippen molar-refractivity contribution in [1.82, 2.24) is 15.3 Å². The van der Waals surface area contributed by atoms with Gasteiger partial charge in [-0.1, -0.05) is 50.1 Å². The molecule has 0 saturated carbocycles. The van der Waals surface area contributed by atoms with Crippen molar-refractivity contribution in [1.29, 1.82) is 0 Å². The molecular weight excluding hydrogens is 442 g/mol. The number of unbranched alkanes of at least 4 members (excludes halogenated alkanes) is 1. The van der Waals surface area contributed by atoms with E-state index in [0.717, 1.165) is 18.4 Å². The normalized spacial score (nSPS) is 16.1. The zero-order valence-electron chi connectivity index (χ0n) is 19.9. The largest absolute Gasteiger partial charge is 0.378 e. The molecule has 0 spiro atoms. The zero-order valence-corrected chi connectivity index (χ0v) is 20.7. The molecular formula is C24H37N3O5S. The van der Waals surface area contributed by atoms with Gasteiger partial charge >= 0.3 is 0 Å². The molecule has 9 heteroatoms. The summed E-state index contributed by atoms with van der Waals surface area (Å²) in [5.74, 6) is -0.368. The van der Waals surface area contributed by atoms with Crippen molar-refractivity contribution in [3.05, 3.63) is 35.9 Å². The Balaban J connectivity index is 2.21. The van der Waals surface area contributed by atoms with Crippen LogP contribution in [0.3, 0.4) is 0 Å². The lowest BCUT2D eigenvalue weighted by atomic mass is 9.97. The molecule has 1 aromatic carbocycles. The highest BCUT2D eigenvalue weighted by Crippen LogP contribution is 2.33. The number of thioether (sulfide) groups is 1. The minimum Gasteiger partial charge on any atom is -0.378 e. The van der Waals surface area contributed by atoms with Gasteiger partial charge in [0.2, 0.25) is 18.2 Å². The number of carbonyl (C=O) groups excluding carboxylic acids is 3. The smallest absolute Gasteiger partial charge is 0.246 e. The number of morpholine rings is 1. The van der Waals surface area contributed by atoms with Crippen molar-refractivity contribution >= 4 is 30.0 Å². The summed E-state index contributed by atoms with van der Waals surface area (Å²) in [6.45, 7) is 7.76. The molecule has 184 valence electrons. The zero-order chi connectivity index (χ0) is 24.3. The molecule has 3 amide bonds. The molecule has 1 heterocycles. The van der Waals surface area contributed by atoms with Crippen LogP contribution in [0.25, 0.3) is 0 Å². The van der Waals surface area contributed by atoms with Crippen molar-refractivity contribution in [2.45, 2.75) is 56.6 Å². The second-order valence-electron chi connectivity index (χ2n) is 8.82. The van der Waals surface area contributed by atoms with Crippen molar-refractivity contribution < 1.29 is 24.3 Å². The summed E-state index contributed by atoms with van der Waals surface area (Å²) in [7, 11) is 0. The maximum Gasteiger partial charge on any atom is 0.246 e. The highest BCUT2D eigenvalue weighted by molar-refractivity contribution is 7.99. The first kappa shape index (κ1) is 27.1. The number of ether oxygens (including phenoxy) is 1. The number of hydroxylamine groups is 2. The van der Waals surface area contributed by atoms with Gasteiger partial charge in [-0.05, 0) is 25.8 Å². The third-order valence-electron chi connectivity index (χ3n) is 5.81. The van der Waals surface area contributed by atoms with Gasteiger partial charge < -0.3 is 15.0 Å². The number of carbonyl (C=O) groups is 3. The summed E-state index contributed by atoms with van der Waals surface area (Å²) in [6.07, 6.45) is 2.47. The fraction of sp³-hybridized carbons (Fsp3) is 0.625. The molecule has 8 nitrogen and oxygen atoms in total. The highest BCUT2D eigenvalue weighted by Gasteiger charge is 2.40. The molecule has 1 aliphatic rings. The van der Waals surface area contributed by atoms with Crippen molar-refractivity contribution in [3.8, 4) is 0 Å². The minimum atomic E-state index is -0.760. The van der Waals surface area contributed by atoms with Crippen LogP contribution in [0.15, 0.2) is 30.3 Å². The molecule has 33 heavy (non-hydrogen) atoms. The summed E-state index contributed by atoms with van der Waals surface area (Å²) >= 11 is 1.61. The van der Waals surface area contributed by atoms with Crippen LogP contribution >= 0.6 is 11.8 Å². The van der Waals surface area contributed by atoms with Crippen LogP contribution in [0.2, 0.25) is 0 Å². The lowest BCUT2D eigenvalue weighted by molar-refractivity contribution is -0.155. The van der Waals surface area contributed by atoms with Gasteiger partial charge in [0, 0.05) is 23.6 Å². The predicted molar refractivity (Wildman–Crippen MR) is 129 cm³/mol. The lowest BCUT2D eigenvalue weighted by Gasteiger charge is -2.38. The molecule has 1 saturated heterocycles. The SMILES string of the molecule is CCCC[C@H](CN(O)C=O)C(=O)NC(C(=O)N1CCOCC1)C(C)(C)SCc1ccccc1. The van der Waals surface area contributed by atoms with E-state index in [-0.39, 0.29) is 18.4 Å². The van der Waals surface area contributed by atoms with Gasteiger partial charge in [0.1, 0.15) is 6.04 Å². The van der Waals surface area contributed by atoms with E-state index in [9.17, 15) is 19.6 Å². The summed E-state index contributed by atoms with van der Waals surface area (Å²) in [5, 5.41) is 13.2. The summed E-state index contributed by atoms with van der Waals surface area (Å²) < 4.78 is 4.79. The van der Waals surface area contributed by atoms with Crippen LogP contribution in [0.4, 0.5) is 0 Å². The van der Waals surface area contributed by atoms with Crippen LogP contribution in [0.5, 0.6) is 0 Å². The quantitative estimate of drug-likeness (QED) is 0.256. The Kier molecular flexibility index (Phi) is 11.2. The fourth-order valence-electron chi connectivity index (χ4n) is 3.71. The van der Waals surface area contributed by atoms with E-state index < -0.39 is 16.7 Å². The van der Waals surface area contributed by atoms with E-state index in [2.05, 4.69) is 5.32 Å². The first-order chi connectivity index (χ1) is 15.8. The average molecular weight is 480 g/mol. The molecule has 2 atom stereocenters. The number of benzene rings is 1. The highest BCUT2D eigenvalue weighted by atomic mass is 32.2. The van der Waals surface area contributed by atoms with Crippen molar-refractivity contribution in [2.24, 2.45) is 5.92 Å². The van der Waals surface area contributed by atoms with Crippen LogP contribution in [0, 0.1) is 5.92 Å². The summed E-state index contributed by atoms with van der Waals surface area (Å²) in [4.78, 5) is 39.4. The van der Waals surface area contributed by atoms with Crippen LogP contribution in [-0.4, -0.2) is 77.0 Å². The molecule has 1 fully saturated rings. The van der Waals surface area contributed by atoms with Gasteiger partial charge in [-0.3, -0.25) is 19.6 Å². The summed E-state index contributed by atoms with van der Waals surface area (Å²) in [6, 6.07) is 9.24. The average Bonchev–Trinajstić information content (AvgIpc) is 2.84. The van der Waals surface area contributed by atoms with E-state index in [0.29, 0.717) is 50.0 Å². The molecule has 1 unspecified atom stereocenters. The number of rotatable bonds is 13. The van der Waals surface area contributed by atoms with Crippen molar-refractivity contribution in [2.75, 3.05) is 32.8 Å². The second-order valence-corrected chi connectivity index (χ2v) is 10.5. The maximum atomic E-state index is 13.5. The first-order valence-electron chi connectivity index (χ1n) is 11.5. The number of nitrogens with one attached hydrogen (secondary N) is 1. The third kappa shape index (κ3) is 8.64. The number of hydrogen-bond acceptors (Lipinski definition) is 6. The molecule has 1 aliphatic heterocycles. The van der Waals surface area contributed by atoms with E-state index in [1.807, 2.05) is 51.1 Å². The lowest BCUT2D eigenvalue weighted by Crippen LogP contribution is -2.60. The van der Waals surface area contributed by atoms with Gasteiger partial charge in [-0.2, -0.15) is 0 Å². The van der Waals surface area contributed by atoms with E-state index in [1.54, 1.807) is 16.7 Å². The van der Waals surface area contributed by atoms with E-state index >= 15 is 0 Å². The van der Waals surface area contributed by atoms with Crippen LogP contribution < -0.4 is 5.32 Å². The molecule has 2 rings (SSSR count). The van der Waals surface area contributed by atoms with Gasteiger partial charge in [0.25, 0.3) is 0 Å². The topological polar surface area (TPSA) is 99.2 Å². The molecule has 0 radical (unpaired) electrons. The third-order valence-corrected chi connectivity index (χ3v) is 7.27. The maximum absolute atomic E-state index is 13.5. The van der Waals surface area contributed by atoms with Gasteiger partial charge in [-0.25, -0.2) is 5.06 Å². The van der Waals surface area contributed by atoms with Gasteiger partial charge in [0.05, 0.1) is 25.7 Å². The molecule has 1 aromatic rings. The second kappa shape index (κ2) is 13.6. The Morgan fingerprint density at radius 3 is 2.55 bits per heavy atom. The standard InChI is InChI=1S/C24H37N3O5S/c1-4-5-11-20(16-27(31)18-28)22(29)25-21(23(30)26-12-14-32-15-13-26)24(2,3)33-17-19-9-7-6-8-10-19/h6-10,18,20-21,31H,4-5,11-17H2,1-3H3,(H,25,29)/t20-,21?/m1/s1. The Morgan fingerprint density at radius 1 is 1.27 bits per heavy atom. The molecule has 0 aliphatic carbocycles. The Labute approximate surface area is 201 Å². The van der Waals surface area contributed by atoms with Gasteiger partial charge in [0.15, 0.2) is 0 Å². The monoisotopic (exact) mass is 479 g/mol. The Hall–Kier alpha value is -2.10. The number of hydrogen-bond donors (Lipinski definition) is 2. The minimum absolute atomic E-state index is 0.106. The van der Waals surface area contributed by atoms with Crippen LogP contribution in [-0.2, 0) is 24.9 Å². The van der Waals surface area contributed by atoms with E-state index in [4.69, 9.17) is 4.74 Å². The van der Waals surface area contributed by atoms with E-state index in [1.165, 1.54) is 0 Å². The van der Waals surface area contributed by atoms with Crippen molar-refractivity contribution in [3.63, 3.8) is 0 Å².